The van der Waals surface area contributed by atoms with Gasteiger partial charge in [0, 0.05) is 18.2 Å². The normalized spacial score (nSPS) is 14.2. The first-order chi connectivity index (χ1) is 9.17. The van der Waals surface area contributed by atoms with E-state index in [1.54, 1.807) is 12.1 Å². The number of hydrogen-bond donors (Lipinski definition) is 1. The van der Waals surface area contributed by atoms with Crippen molar-refractivity contribution >= 4 is 0 Å². The lowest BCUT2D eigenvalue weighted by Crippen LogP contribution is -2.32. The van der Waals surface area contributed by atoms with E-state index in [0.717, 1.165) is 12.8 Å². The largest absolute Gasteiger partial charge is 0.497 e. The van der Waals surface area contributed by atoms with Gasteiger partial charge < -0.3 is 14.8 Å². The molecule has 2 unspecified atom stereocenters. The molecule has 0 saturated carbocycles. The molecule has 2 atom stereocenters. The zero-order chi connectivity index (χ0) is 14.3. The summed E-state index contributed by atoms with van der Waals surface area (Å²) in [5, 5.41) is 3.16. The van der Waals surface area contributed by atoms with Crippen LogP contribution in [0.5, 0.6) is 5.75 Å². The summed E-state index contributed by atoms with van der Waals surface area (Å²) in [4.78, 5) is 0. The molecule has 0 fully saturated rings. The molecule has 4 heteroatoms. The molecule has 0 aromatic heterocycles. The van der Waals surface area contributed by atoms with E-state index in [9.17, 15) is 4.39 Å². The van der Waals surface area contributed by atoms with Gasteiger partial charge in [0.05, 0.1) is 19.3 Å². The standard InChI is InChI=1S/C15H24FNO2/c1-5-7-14(19-6-2)15(17-3)12-9-8-11(18-4)10-13(12)16/h8-10,14-15,17H,5-7H2,1-4H3. The van der Waals surface area contributed by atoms with Crippen LogP contribution in [0.1, 0.15) is 38.3 Å². The molecule has 0 spiro atoms. The van der Waals surface area contributed by atoms with Gasteiger partial charge in [-0.25, -0.2) is 4.39 Å². The van der Waals surface area contributed by atoms with Gasteiger partial charge in [-0.1, -0.05) is 19.4 Å². The second-order valence-corrected chi connectivity index (χ2v) is 4.44. The predicted molar refractivity (Wildman–Crippen MR) is 75.1 cm³/mol. The Balaban J connectivity index is 2.99. The number of likely N-dealkylation sites (N-methyl/N-ethyl adjacent to an activating group) is 1. The van der Waals surface area contributed by atoms with Crippen LogP contribution in [0.15, 0.2) is 18.2 Å². The van der Waals surface area contributed by atoms with Gasteiger partial charge in [-0.3, -0.25) is 0 Å². The van der Waals surface area contributed by atoms with Crippen molar-refractivity contribution < 1.29 is 13.9 Å². The third-order valence-corrected chi connectivity index (χ3v) is 3.18. The number of methoxy groups -OCH3 is 1. The number of benzene rings is 1. The summed E-state index contributed by atoms with van der Waals surface area (Å²) < 4.78 is 24.9. The minimum atomic E-state index is -0.264. The monoisotopic (exact) mass is 269 g/mol. The lowest BCUT2D eigenvalue weighted by molar-refractivity contribution is 0.0286. The number of rotatable bonds is 8. The zero-order valence-corrected chi connectivity index (χ0v) is 12.2. The molecular formula is C15H24FNO2. The highest BCUT2D eigenvalue weighted by Gasteiger charge is 2.24. The summed E-state index contributed by atoms with van der Waals surface area (Å²) in [6.07, 6.45) is 1.87. The van der Waals surface area contributed by atoms with Crippen LogP contribution in [0.2, 0.25) is 0 Å². The Morgan fingerprint density at radius 3 is 2.53 bits per heavy atom. The highest BCUT2D eigenvalue weighted by atomic mass is 19.1. The zero-order valence-electron chi connectivity index (χ0n) is 12.2. The van der Waals surface area contributed by atoms with Crippen molar-refractivity contribution in [2.45, 2.75) is 38.8 Å². The first-order valence-corrected chi connectivity index (χ1v) is 6.80. The highest BCUT2D eigenvalue weighted by molar-refractivity contribution is 5.31. The predicted octanol–water partition coefficient (Wildman–Crippen LogP) is 3.30. The first kappa shape index (κ1) is 15.9. The van der Waals surface area contributed by atoms with Gasteiger partial charge in [0.25, 0.3) is 0 Å². The van der Waals surface area contributed by atoms with Crippen molar-refractivity contribution in [2.24, 2.45) is 0 Å². The molecule has 0 amide bonds. The molecule has 1 N–H and O–H groups in total. The van der Waals surface area contributed by atoms with Crippen molar-refractivity contribution in [1.82, 2.24) is 5.32 Å². The fourth-order valence-corrected chi connectivity index (χ4v) is 2.27. The van der Waals surface area contributed by atoms with Gasteiger partial charge in [-0.2, -0.15) is 0 Å². The van der Waals surface area contributed by atoms with Gasteiger partial charge in [-0.05, 0) is 26.5 Å². The van der Waals surface area contributed by atoms with E-state index < -0.39 is 0 Å². The molecule has 108 valence electrons. The Labute approximate surface area is 115 Å². The van der Waals surface area contributed by atoms with Crippen LogP contribution < -0.4 is 10.1 Å². The van der Waals surface area contributed by atoms with Crippen molar-refractivity contribution in [3.05, 3.63) is 29.6 Å². The molecule has 1 rings (SSSR count). The Morgan fingerprint density at radius 2 is 2.05 bits per heavy atom. The number of nitrogens with one attached hydrogen (secondary N) is 1. The molecule has 3 nitrogen and oxygen atoms in total. The highest BCUT2D eigenvalue weighted by Crippen LogP contribution is 2.27. The van der Waals surface area contributed by atoms with Crippen LogP contribution in [0.25, 0.3) is 0 Å². The van der Waals surface area contributed by atoms with Crippen LogP contribution in [-0.4, -0.2) is 26.9 Å². The molecule has 0 aliphatic rings. The SMILES string of the molecule is CCCC(OCC)C(NC)c1ccc(OC)cc1F. The third-order valence-electron chi connectivity index (χ3n) is 3.18. The van der Waals surface area contributed by atoms with Gasteiger partial charge in [0.15, 0.2) is 0 Å². The van der Waals surface area contributed by atoms with E-state index in [1.807, 2.05) is 14.0 Å². The maximum Gasteiger partial charge on any atom is 0.131 e. The summed E-state index contributed by atoms with van der Waals surface area (Å²) in [5.74, 6) is 0.263. The van der Waals surface area contributed by atoms with Gasteiger partial charge >= 0.3 is 0 Å². The van der Waals surface area contributed by atoms with Crippen LogP contribution in [0.4, 0.5) is 4.39 Å². The second kappa shape index (κ2) is 8.12. The molecule has 0 heterocycles. The number of ether oxygens (including phenoxy) is 2. The molecule has 0 aliphatic heterocycles. The third kappa shape index (κ3) is 4.18. The quantitative estimate of drug-likeness (QED) is 0.785. The van der Waals surface area contributed by atoms with Crippen molar-refractivity contribution in [3.63, 3.8) is 0 Å². The Hall–Kier alpha value is -1.13. The molecule has 1 aromatic rings. The van der Waals surface area contributed by atoms with Crippen LogP contribution >= 0.6 is 0 Å². The fourth-order valence-electron chi connectivity index (χ4n) is 2.27. The fraction of sp³-hybridized carbons (Fsp3) is 0.600. The summed E-state index contributed by atoms with van der Waals surface area (Å²) >= 11 is 0. The van der Waals surface area contributed by atoms with E-state index in [4.69, 9.17) is 9.47 Å². The van der Waals surface area contributed by atoms with E-state index in [1.165, 1.54) is 13.2 Å². The second-order valence-electron chi connectivity index (χ2n) is 4.44. The Morgan fingerprint density at radius 1 is 1.32 bits per heavy atom. The Kier molecular flexibility index (Phi) is 6.81. The topological polar surface area (TPSA) is 30.5 Å². The molecule has 1 aromatic carbocycles. The number of halogens is 1. The molecule has 0 aliphatic carbocycles. The van der Waals surface area contributed by atoms with Gasteiger partial charge in [0.2, 0.25) is 0 Å². The Bertz CT molecular complexity index is 378. The summed E-state index contributed by atoms with van der Waals surface area (Å²) in [6, 6.07) is 4.80. The molecule has 0 radical (unpaired) electrons. The molecule has 19 heavy (non-hydrogen) atoms. The average Bonchev–Trinajstić information content (AvgIpc) is 2.41. The van der Waals surface area contributed by atoms with Crippen molar-refractivity contribution in [3.8, 4) is 5.75 Å². The average molecular weight is 269 g/mol. The van der Waals surface area contributed by atoms with E-state index in [2.05, 4.69) is 12.2 Å². The van der Waals surface area contributed by atoms with Gasteiger partial charge in [0.1, 0.15) is 11.6 Å². The minimum Gasteiger partial charge on any atom is -0.497 e. The maximum atomic E-state index is 14.1. The van der Waals surface area contributed by atoms with Crippen LogP contribution in [0, 0.1) is 5.82 Å². The van der Waals surface area contributed by atoms with Crippen molar-refractivity contribution in [2.75, 3.05) is 20.8 Å². The van der Waals surface area contributed by atoms with E-state index >= 15 is 0 Å². The molecule has 0 saturated heterocycles. The lowest BCUT2D eigenvalue weighted by Gasteiger charge is -2.27. The van der Waals surface area contributed by atoms with Crippen LogP contribution in [0.3, 0.4) is 0 Å². The summed E-state index contributed by atoms with van der Waals surface area (Å²) in [5.41, 5.74) is 0.621. The van der Waals surface area contributed by atoms with Gasteiger partial charge in [-0.15, -0.1) is 0 Å². The van der Waals surface area contributed by atoms with Crippen LogP contribution in [-0.2, 0) is 4.74 Å². The summed E-state index contributed by atoms with van der Waals surface area (Å²) in [7, 11) is 3.36. The van der Waals surface area contributed by atoms with Crippen molar-refractivity contribution in [1.29, 1.82) is 0 Å². The minimum absolute atomic E-state index is 0.0251. The van der Waals surface area contributed by atoms with E-state index in [0.29, 0.717) is 17.9 Å². The molecular weight excluding hydrogens is 245 g/mol. The summed E-state index contributed by atoms with van der Waals surface area (Å²) in [6.45, 7) is 4.68. The maximum absolute atomic E-state index is 14.1. The molecule has 0 bridgehead atoms. The smallest absolute Gasteiger partial charge is 0.131 e. The van der Waals surface area contributed by atoms with E-state index in [-0.39, 0.29) is 18.0 Å². The number of hydrogen-bond acceptors (Lipinski definition) is 3. The first-order valence-electron chi connectivity index (χ1n) is 6.80. The lowest BCUT2D eigenvalue weighted by atomic mass is 9.97.